The largest absolute Gasteiger partial charge is 0.382 e. The number of nitrogens with two attached hydrogens (primary N) is 1. The second-order valence-electron chi connectivity index (χ2n) is 2.17. The maximum Gasteiger partial charge on any atom is 0.181 e. The molecule has 2 aromatic heterocycles. The van der Waals surface area contributed by atoms with Crippen LogP contribution >= 0.6 is 0 Å². The number of fused-ring (bicyclic) bond motifs is 1. The van der Waals surface area contributed by atoms with Gasteiger partial charge in [-0.25, -0.2) is 15.1 Å². The number of H-pyrrole nitrogens is 1. The molecule has 0 aromatic carbocycles. The maximum atomic E-state index is 5.53. The second-order valence-corrected chi connectivity index (χ2v) is 2.17. The summed E-state index contributed by atoms with van der Waals surface area (Å²) >= 11 is 0. The van der Waals surface area contributed by atoms with E-state index in [1.54, 1.807) is 6.92 Å². The molecule has 2 rings (SSSR count). The number of aryl methyl sites for hydroxylation is 1. The molecule has 6 nitrogen and oxygen atoms in total. The van der Waals surface area contributed by atoms with Crippen molar-refractivity contribution >= 4 is 17.0 Å². The highest BCUT2D eigenvalue weighted by molar-refractivity contribution is 5.79. The lowest BCUT2D eigenvalue weighted by atomic mass is 10.5. The zero-order chi connectivity index (χ0) is 7.84. The Morgan fingerprint density at radius 2 is 2.18 bits per heavy atom. The number of nitrogens with zero attached hydrogens (tertiary/aromatic N) is 4. The predicted octanol–water partition coefficient (Wildman–Crippen LogP) is -0.361. The molecule has 0 saturated carbocycles. The van der Waals surface area contributed by atoms with Crippen molar-refractivity contribution in [3.63, 3.8) is 0 Å². The zero-order valence-corrected chi connectivity index (χ0v) is 5.87. The van der Waals surface area contributed by atoms with Crippen molar-refractivity contribution in [3.05, 3.63) is 5.82 Å². The summed E-state index contributed by atoms with van der Waals surface area (Å²) in [5, 5.41) is 9.86. The summed E-state index contributed by atoms with van der Waals surface area (Å²) in [5.41, 5.74) is 6.63. The van der Waals surface area contributed by atoms with Crippen molar-refractivity contribution in [3.8, 4) is 0 Å². The van der Waals surface area contributed by atoms with Crippen molar-refractivity contribution in [2.75, 3.05) is 5.73 Å². The SMILES string of the molecule is Cc1nc(N)c2nn[nH]c2n1. The second kappa shape index (κ2) is 1.88. The smallest absolute Gasteiger partial charge is 0.181 e. The summed E-state index contributed by atoms with van der Waals surface area (Å²) in [5.74, 6) is 0.974. The van der Waals surface area contributed by atoms with Gasteiger partial charge in [-0.1, -0.05) is 5.21 Å². The first-order valence-corrected chi connectivity index (χ1v) is 3.08. The van der Waals surface area contributed by atoms with Crippen LogP contribution in [0.1, 0.15) is 5.82 Å². The average molecular weight is 150 g/mol. The monoisotopic (exact) mass is 150 g/mol. The molecule has 0 atom stereocenters. The van der Waals surface area contributed by atoms with Gasteiger partial charge in [-0.2, -0.15) is 0 Å². The molecule has 2 aromatic rings. The third-order valence-corrected chi connectivity index (χ3v) is 1.33. The van der Waals surface area contributed by atoms with Crippen LogP contribution in [0.3, 0.4) is 0 Å². The van der Waals surface area contributed by atoms with Crippen molar-refractivity contribution in [1.82, 2.24) is 25.4 Å². The van der Waals surface area contributed by atoms with Gasteiger partial charge in [0.05, 0.1) is 0 Å². The highest BCUT2D eigenvalue weighted by Gasteiger charge is 2.04. The molecule has 56 valence electrons. The van der Waals surface area contributed by atoms with Crippen molar-refractivity contribution in [2.45, 2.75) is 6.92 Å². The van der Waals surface area contributed by atoms with E-state index < -0.39 is 0 Å². The molecule has 0 aliphatic heterocycles. The average Bonchev–Trinajstić information content (AvgIpc) is 2.34. The lowest BCUT2D eigenvalue weighted by molar-refractivity contribution is 0.953. The van der Waals surface area contributed by atoms with Gasteiger partial charge in [0, 0.05) is 0 Å². The lowest BCUT2D eigenvalue weighted by Crippen LogP contribution is -1.96. The van der Waals surface area contributed by atoms with Crippen LogP contribution in [0.25, 0.3) is 11.2 Å². The van der Waals surface area contributed by atoms with Gasteiger partial charge in [-0.05, 0) is 6.92 Å². The minimum atomic E-state index is 0.362. The van der Waals surface area contributed by atoms with E-state index in [2.05, 4.69) is 25.4 Å². The Balaban J connectivity index is 2.91. The van der Waals surface area contributed by atoms with Crippen LogP contribution < -0.4 is 5.73 Å². The Morgan fingerprint density at radius 1 is 1.36 bits per heavy atom. The summed E-state index contributed by atoms with van der Waals surface area (Å²) in [6.45, 7) is 1.76. The normalized spacial score (nSPS) is 10.6. The molecule has 0 bridgehead atoms. The first kappa shape index (κ1) is 6.02. The summed E-state index contributed by atoms with van der Waals surface area (Å²) in [7, 11) is 0. The summed E-state index contributed by atoms with van der Waals surface area (Å²) in [6, 6.07) is 0. The van der Waals surface area contributed by atoms with Gasteiger partial charge in [0.25, 0.3) is 0 Å². The van der Waals surface area contributed by atoms with Crippen LogP contribution in [0.2, 0.25) is 0 Å². The third kappa shape index (κ3) is 0.794. The molecule has 2 heterocycles. The molecule has 0 saturated heterocycles. The predicted molar refractivity (Wildman–Crippen MR) is 38.6 cm³/mol. The summed E-state index contributed by atoms with van der Waals surface area (Å²) < 4.78 is 0. The molecule has 3 N–H and O–H groups in total. The molecule has 6 heteroatoms. The number of nitrogen functional groups attached to an aromatic ring is 1. The van der Waals surface area contributed by atoms with Gasteiger partial charge in [0.1, 0.15) is 5.82 Å². The van der Waals surface area contributed by atoms with Crippen molar-refractivity contribution < 1.29 is 0 Å². The van der Waals surface area contributed by atoms with E-state index in [0.717, 1.165) is 0 Å². The van der Waals surface area contributed by atoms with E-state index in [0.29, 0.717) is 22.8 Å². The number of rotatable bonds is 0. The Kier molecular flexibility index (Phi) is 1.03. The quantitative estimate of drug-likeness (QED) is 0.534. The fourth-order valence-corrected chi connectivity index (χ4v) is 0.887. The molecule has 0 unspecified atom stereocenters. The van der Waals surface area contributed by atoms with Crippen molar-refractivity contribution in [1.29, 1.82) is 0 Å². The summed E-state index contributed by atoms with van der Waals surface area (Å²) in [6.07, 6.45) is 0. The minimum absolute atomic E-state index is 0.362. The molecule has 0 amide bonds. The van der Waals surface area contributed by atoms with Crippen molar-refractivity contribution in [2.24, 2.45) is 0 Å². The van der Waals surface area contributed by atoms with Crippen LogP contribution in [0.4, 0.5) is 5.82 Å². The van der Waals surface area contributed by atoms with Gasteiger partial charge >= 0.3 is 0 Å². The van der Waals surface area contributed by atoms with Crippen LogP contribution in [0.15, 0.2) is 0 Å². The molecule has 0 radical (unpaired) electrons. The summed E-state index contributed by atoms with van der Waals surface area (Å²) in [4.78, 5) is 7.94. The van der Waals surface area contributed by atoms with Gasteiger partial charge < -0.3 is 5.73 Å². The van der Waals surface area contributed by atoms with Crippen LogP contribution in [0, 0.1) is 6.92 Å². The first-order valence-electron chi connectivity index (χ1n) is 3.08. The van der Waals surface area contributed by atoms with E-state index in [1.165, 1.54) is 0 Å². The van der Waals surface area contributed by atoms with E-state index in [4.69, 9.17) is 5.73 Å². The Morgan fingerprint density at radius 3 is 3.00 bits per heavy atom. The minimum Gasteiger partial charge on any atom is -0.382 e. The molecule has 0 fully saturated rings. The molecule has 0 aliphatic carbocycles. The topological polar surface area (TPSA) is 93.4 Å². The molecular formula is C5H6N6. The molecular weight excluding hydrogens is 144 g/mol. The number of aromatic nitrogens is 5. The number of hydrogen-bond acceptors (Lipinski definition) is 5. The van der Waals surface area contributed by atoms with Gasteiger partial charge in [-0.3, -0.25) is 0 Å². The maximum absolute atomic E-state index is 5.53. The van der Waals surface area contributed by atoms with Gasteiger partial charge in [-0.15, -0.1) is 5.10 Å². The number of nitrogens with one attached hydrogen (secondary N) is 1. The fourth-order valence-electron chi connectivity index (χ4n) is 0.887. The van der Waals surface area contributed by atoms with E-state index in [-0.39, 0.29) is 0 Å². The molecule has 0 aliphatic rings. The highest BCUT2D eigenvalue weighted by Crippen LogP contribution is 2.10. The molecule has 11 heavy (non-hydrogen) atoms. The number of anilines is 1. The number of aromatic amines is 1. The highest BCUT2D eigenvalue weighted by atomic mass is 15.3. The Bertz CT molecular complexity index is 391. The van der Waals surface area contributed by atoms with Gasteiger partial charge in [0.2, 0.25) is 0 Å². The standard InChI is InChI=1S/C5H6N6/c1-2-7-4(6)3-5(8-2)10-11-9-3/h1H3,(H3,6,7,8,9,10,11). The Hall–Kier alpha value is -1.72. The lowest BCUT2D eigenvalue weighted by Gasteiger charge is -1.93. The molecule has 0 spiro atoms. The Labute approximate surface area is 61.8 Å². The van der Waals surface area contributed by atoms with Gasteiger partial charge in [0.15, 0.2) is 17.0 Å². The first-order chi connectivity index (χ1) is 5.27. The third-order valence-electron chi connectivity index (χ3n) is 1.33. The fraction of sp³-hybridized carbons (Fsp3) is 0.200. The van der Waals surface area contributed by atoms with E-state index in [9.17, 15) is 0 Å². The van der Waals surface area contributed by atoms with Crippen LogP contribution in [-0.4, -0.2) is 25.4 Å². The zero-order valence-electron chi connectivity index (χ0n) is 5.87. The van der Waals surface area contributed by atoms with E-state index >= 15 is 0 Å². The van der Waals surface area contributed by atoms with E-state index in [1.807, 2.05) is 0 Å². The number of hydrogen-bond donors (Lipinski definition) is 2. The van der Waals surface area contributed by atoms with Crippen LogP contribution in [-0.2, 0) is 0 Å². The van der Waals surface area contributed by atoms with Crippen LogP contribution in [0.5, 0.6) is 0 Å².